The van der Waals surface area contributed by atoms with Crippen LogP contribution in [0.1, 0.15) is 11.1 Å². The Bertz CT molecular complexity index is 990. The van der Waals surface area contributed by atoms with Gasteiger partial charge in [-0.05, 0) is 35.9 Å². The van der Waals surface area contributed by atoms with E-state index in [1.165, 1.54) is 5.56 Å². The predicted molar refractivity (Wildman–Crippen MR) is 102 cm³/mol. The minimum Gasteiger partial charge on any atom is -0.493 e. The van der Waals surface area contributed by atoms with E-state index in [9.17, 15) is 0 Å². The molecule has 4 rings (SSSR count). The topological polar surface area (TPSA) is 62.7 Å². The van der Waals surface area contributed by atoms with Crippen molar-refractivity contribution in [2.75, 3.05) is 20.8 Å². The van der Waals surface area contributed by atoms with Crippen molar-refractivity contribution >= 4 is 16.7 Å². The molecule has 0 aliphatic carbocycles. The first-order chi connectivity index (χ1) is 12.8. The molecule has 26 heavy (non-hydrogen) atoms. The minimum absolute atomic E-state index is 0.707. The minimum atomic E-state index is 0.707. The maximum atomic E-state index is 5.40. The van der Waals surface area contributed by atoms with Crippen LogP contribution in [-0.2, 0) is 6.54 Å². The molecule has 0 fully saturated rings. The number of nitrogens with one attached hydrogen (secondary N) is 1. The maximum absolute atomic E-state index is 5.40. The molecule has 0 atom stereocenters. The van der Waals surface area contributed by atoms with E-state index >= 15 is 0 Å². The Balaban J connectivity index is 1.52. The van der Waals surface area contributed by atoms with Gasteiger partial charge < -0.3 is 19.4 Å². The Hall–Kier alpha value is -3.28. The number of aromatic nitrogens is 2. The van der Waals surface area contributed by atoms with Gasteiger partial charge >= 0.3 is 0 Å². The molecule has 0 saturated carbocycles. The first kappa shape index (κ1) is 16.2. The summed E-state index contributed by atoms with van der Waals surface area (Å²) in [5, 5.41) is 0. The lowest BCUT2D eigenvalue weighted by Crippen LogP contribution is -2.27. The quantitative estimate of drug-likeness (QED) is 0.768. The SMILES string of the molecule is COc1ccc(C2=NC=CN(Cc3ccc4nc[nH]c4c3)C2)cc1OC. The summed E-state index contributed by atoms with van der Waals surface area (Å²) >= 11 is 0. The number of rotatable bonds is 5. The number of methoxy groups -OCH3 is 2. The van der Waals surface area contributed by atoms with Crippen molar-refractivity contribution in [3.8, 4) is 11.5 Å². The van der Waals surface area contributed by atoms with Crippen molar-refractivity contribution in [2.24, 2.45) is 4.99 Å². The second kappa shape index (κ2) is 6.92. The summed E-state index contributed by atoms with van der Waals surface area (Å²) in [6.07, 6.45) is 5.57. The van der Waals surface area contributed by atoms with E-state index in [2.05, 4.69) is 32.0 Å². The van der Waals surface area contributed by atoms with Crippen LogP contribution in [-0.4, -0.2) is 41.3 Å². The molecule has 2 aromatic carbocycles. The number of ether oxygens (including phenoxy) is 2. The van der Waals surface area contributed by atoms with Crippen LogP contribution in [0.25, 0.3) is 11.0 Å². The molecular formula is C20H20N4O2. The van der Waals surface area contributed by atoms with Gasteiger partial charge in [0.2, 0.25) is 0 Å². The van der Waals surface area contributed by atoms with Crippen molar-refractivity contribution < 1.29 is 9.47 Å². The van der Waals surface area contributed by atoms with Crippen LogP contribution >= 0.6 is 0 Å². The van der Waals surface area contributed by atoms with Crippen LogP contribution in [0, 0.1) is 0 Å². The molecule has 1 N–H and O–H groups in total. The van der Waals surface area contributed by atoms with Crippen molar-refractivity contribution in [1.29, 1.82) is 0 Å². The largest absolute Gasteiger partial charge is 0.493 e. The van der Waals surface area contributed by atoms with Crippen LogP contribution in [0.5, 0.6) is 11.5 Å². The highest BCUT2D eigenvalue weighted by atomic mass is 16.5. The number of hydrogen-bond donors (Lipinski definition) is 1. The standard InChI is InChI=1S/C20H20N4O2/c1-25-19-6-4-15(10-20(19)26-2)18-12-24(8-7-21-18)11-14-3-5-16-17(9-14)23-13-22-16/h3-10,13H,11-12H2,1-2H3,(H,22,23). The van der Waals surface area contributed by atoms with E-state index in [1.54, 1.807) is 20.5 Å². The average Bonchev–Trinajstić information content (AvgIpc) is 3.15. The van der Waals surface area contributed by atoms with E-state index < -0.39 is 0 Å². The summed E-state index contributed by atoms with van der Waals surface area (Å²) in [7, 11) is 3.28. The fourth-order valence-corrected chi connectivity index (χ4v) is 3.11. The highest BCUT2D eigenvalue weighted by Gasteiger charge is 2.14. The molecule has 132 valence electrons. The lowest BCUT2D eigenvalue weighted by molar-refractivity contribution is 0.355. The van der Waals surface area contributed by atoms with Gasteiger partial charge in [-0.1, -0.05) is 6.07 Å². The molecule has 0 spiro atoms. The Morgan fingerprint density at radius 1 is 1.08 bits per heavy atom. The maximum Gasteiger partial charge on any atom is 0.161 e. The van der Waals surface area contributed by atoms with E-state index in [0.717, 1.165) is 35.4 Å². The van der Waals surface area contributed by atoms with Crippen molar-refractivity contribution in [3.05, 3.63) is 66.3 Å². The molecule has 0 bridgehead atoms. The highest BCUT2D eigenvalue weighted by Crippen LogP contribution is 2.28. The zero-order valence-corrected chi connectivity index (χ0v) is 14.8. The third-order valence-corrected chi connectivity index (χ3v) is 4.45. The summed E-state index contributed by atoms with van der Waals surface area (Å²) in [4.78, 5) is 14.2. The van der Waals surface area contributed by atoms with Crippen molar-refractivity contribution in [2.45, 2.75) is 6.54 Å². The van der Waals surface area contributed by atoms with Crippen LogP contribution in [0.2, 0.25) is 0 Å². The van der Waals surface area contributed by atoms with Crippen LogP contribution < -0.4 is 9.47 Å². The van der Waals surface area contributed by atoms with Crippen LogP contribution in [0.3, 0.4) is 0 Å². The Labute approximate surface area is 151 Å². The molecule has 1 aliphatic rings. The van der Waals surface area contributed by atoms with Gasteiger partial charge in [0.15, 0.2) is 11.5 Å². The Morgan fingerprint density at radius 2 is 1.96 bits per heavy atom. The number of benzene rings is 2. The average molecular weight is 348 g/mol. The number of fused-ring (bicyclic) bond motifs is 1. The highest BCUT2D eigenvalue weighted by molar-refractivity contribution is 6.03. The predicted octanol–water partition coefficient (Wildman–Crippen LogP) is 3.36. The molecule has 0 unspecified atom stereocenters. The van der Waals surface area contributed by atoms with E-state index in [0.29, 0.717) is 11.5 Å². The fourth-order valence-electron chi connectivity index (χ4n) is 3.11. The summed E-state index contributed by atoms with van der Waals surface area (Å²) in [5.74, 6) is 1.42. The van der Waals surface area contributed by atoms with Gasteiger partial charge in [-0.3, -0.25) is 4.99 Å². The summed E-state index contributed by atoms with van der Waals surface area (Å²) in [6.45, 7) is 1.53. The number of imidazole rings is 1. The van der Waals surface area contributed by atoms with Gasteiger partial charge in [-0.15, -0.1) is 0 Å². The number of aliphatic imine (C=N–C) groups is 1. The molecular weight excluding hydrogens is 328 g/mol. The van der Waals surface area contributed by atoms with Crippen LogP contribution in [0.15, 0.2) is 60.1 Å². The molecule has 6 heteroatoms. The van der Waals surface area contributed by atoms with Gasteiger partial charge in [-0.2, -0.15) is 0 Å². The number of nitrogens with zero attached hydrogens (tertiary/aromatic N) is 3. The lowest BCUT2D eigenvalue weighted by Gasteiger charge is -2.24. The van der Waals surface area contributed by atoms with E-state index in [1.807, 2.05) is 36.7 Å². The molecule has 0 radical (unpaired) electrons. The second-order valence-corrected chi connectivity index (χ2v) is 6.10. The van der Waals surface area contributed by atoms with Gasteiger partial charge in [0.1, 0.15) is 0 Å². The van der Waals surface area contributed by atoms with Gasteiger partial charge in [0.05, 0.1) is 43.8 Å². The van der Waals surface area contributed by atoms with Gasteiger partial charge in [0, 0.05) is 24.5 Å². The summed E-state index contributed by atoms with van der Waals surface area (Å²) in [6, 6.07) is 12.2. The molecule has 2 heterocycles. The van der Waals surface area contributed by atoms with E-state index in [-0.39, 0.29) is 0 Å². The smallest absolute Gasteiger partial charge is 0.161 e. The molecule has 3 aromatic rings. The van der Waals surface area contributed by atoms with Crippen molar-refractivity contribution in [3.63, 3.8) is 0 Å². The molecule has 0 amide bonds. The number of H-pyrrole nitrogens is 1. The van der Waals surface area contributed by atoms with Crippen molar-refractivity contribution in [1.82, 2.24) is 14.9 Å². The van der Waals surface area contributed by atoms with E-state index in [4.69, 9.17) is 9.47 Å². The molecule has 6 nitrogen and oxygen atoms in total. The first-order valence-electron chi connectivity index (χ1n) is 8.38. The number of hydrogen-bond acceptors (Lipinski definition) is 5. The fraction of sp³-hybridized carbons (Fsp3) is 0.200. The zero-order valence-electron chi connectivity index (χ0n) is 14.8. The normalized spacial score (nSPS) is 13.8. The lowest BCUT2D eigenvalue weighted by atomic mass is 10.1. The van der Waals surface area contributed by atoms with Gasteiger partial charge in [-0.25, -0.2) is 4.98 Å². The second-order valence-electron chi connectivity index (χ2n) is 6.10. The Kier molecular flexibility index (Phi) is 4.31. The molecule has 1 aromatic heterocycles. The molecule has 1 aliphatic heterocycles. The summed E-state index contributed by atoms with van der Waals surface area (Å²) < 4.78 is 10.7. The molecule has 0 saturated heterocycles. The summed E-state index contributed by atoms with van der Waals surface area (Å²) in [5.41, 5.74) is 5.28. The third-order valence-electron chi connectivity index (χ3n) is 4.45. The zero-order chi connectivity index (χ0) is 17.9. The third kappa shape index (κ3) is 3.13. The van der Waals surface area contributed by atoms with Crippen LogP contribution in [0.4, 0.5) is 0 Å². The number of aromatic amines is 1. The Morgan fingerprint density at radius 3 is 2.81 bits per heavy atom. The first-order valence-corrected chi connectivity index (χ1v) is 8.38. The monoisotopic (exact) mass is 348 g/mol. The van der Waals surface area contributed by atoms with Gasteiger partial charge in [0.25, 0.3) is 0 Å².